The summed E-state index contributed by atoms with van der Waals surface area (Å²) in [5.74, 6) is -0.480. The Kier molecular flexibility index (Phi) is 5.49. The van der Waals surface area contributed by atoms with Crippen LogP contribution < -0.4 is 0 Å². The smallest absolute Gasteiger partial charge is 0.340 e. The molecule has 0 radical (unpaired) electrons. The number of aromatic nitrogens is 4. The van der Waals surface area contributed by atoms with Gasteiger partial charge in [0.25, 0.3) is 5.71 Å². The topological polar surface area (TPSA) is 77.0 Å². The van der Waals surface area contributed by atoms with Gasteiger partial charge in [-0.25, -0.2) is 4.98 Å². The van der Waals surface area contributed by atoms with E-state index in [9.17, 15) is 18.0 Å². The number of carbonyl (C=O) groups excluding carboxylic acids is 1. The third kappa shape index (κ3) is 3.90. The normalized spacial score (nSPS) is 18.5. The lowest BCUT2D eigenvalue weighted by Gasteiger charge is -2.34. The maximum Gasteiger partial charge on any atom is 0.417 e. The summed E-state index contributed by atoms with van der Waals surface area (Å²) in [7, 11) is 0. The summed E-state index contributed by atoms with van der Waals surface area (Å²) >= 11 is 0. The predicted octanol–water partition coefficient (Wildman–Crippen LogP) is 4.28. The molecule has 1 aliphatic rings. The van der Waals surface area contributed by atoms with E-state index in [-0.39, 0.29) is 35.2 Å². The largest absolute Gasteiger partial charge is 0.417 e. The van der Waals surface area contributed by atoms with Crippen LogP contribution in [0.2, 0.25) is 0 Å². The summed E-state index contributed by atoms with van der Waals surface area (Å²) < 4.78 is 48.2. The van der Waals surface area contributed by atoms with Crippen molar-refractivity contribution in [1.29, 1.82) is 0 Å². The number of nitrogens with zero attached hydrogens (tertiary/aromatic N) is 5. The zero-order valence-electron chi connectivity index (χ0n) is 17.6. The van der Waals surface area contributed by atoms with Gasteiger partial charge in [0.15, 0.2) is 0 Å². The van der Waals surface area contributed by atoms with Gasteiger partial charge in [0, 0.05) is 36.6 Å². The van der Waals surface area contributed by atoms with Crippen molar-refractivity contribution in [3.63, 3.8) is 0 Å². The van der Waals surface area contributed by atoms with Crippen LogP contribution in [-0.2, 0) is 17.4 Å². The first-order chi connectivity index (χ1) is 14.7. The lowest BCUT2D eigenvalue weighted by Crippen LogP contribution is -2.42. The summed E-state index contributed by atoms with van der Waals surface area (Å²) in [4.78, 5) is 18.9. The molecule has 2 unspecified atom stereocenters. The Morgan fingerprint density at radius 2 is 2.16 bits per heavy atom. The van der Waals surface area contributed by atoms with Crippen LogP contribution in [0.25, 0.3) is 11.1 Å². The average molecular weight is 435 g/mol. The van der Waals surface area contributed by atoms with Crippen LogP contribution in [0.4, 0.5) is 13.2 Å². The van der Waals surface area contributed by atoms with E-state index in [0.717, 1.165) is 11.8 Å². The van der Waals surface area contributed by atoms with Crippen LogP contribution >= 0.6 is 0 Å². The van der Waals surface area contributed by atoms with E-state index in [1.165, 1.54) is 0 Å². The van der Waals surface area contributed by atoms with E-state index >= 15 is 0 Å². The molecule has 0 aromatic carbocycles. The maximum atomic E-state index is 13.8. The van der Waals surface area contributed by atoms with Crippen molar-refractivity contribution in [2.45, 2.75) is 58.2 Å². The third-order valence-corrected chi connectivity index (χ3v) is 5.91. The number of piperidine rings is 1. The number of fused-ring (bicyclic) bond motifs is 1. The zero-order valence-corrected chi connectivity index (χ0v) is 17.6. The Balaban J connectivity index is 1.66. The van der Waals surface area contributed by atoms with Crippen molar-refractivity contribution in [3.8, 4) is 0 Å². The van der Waals surface area contributed by atoms with E-state index in [0.29, 0.717) is 31.5 Å². The summed E-state index contributed by atoms with van der Waals surface area (Å²) in [5.41, 5.74) is 0.495. The Labute approximate surface area is 177 Å². The van der Waals surface area contributed by atoms with Crippen molar-refractivity contribution >= 4 is 17.0 Å². The quantitative estimate of drug-likeness (QED) is 0.612. The van der Waals surface area contributed by atoms with Gasteiger partial charge in [-0.1, -0.05) is 12.1 Å². The number of likely N-dealkylation sites (tertiary alicyclic amines) is 1. The monoisotopic (exact) mass is 435 g/mol. The Hall–Kier alpha value is -2.91. The third-order valence-electron chi connectivity index (χ3n) is 5.91. The fourth-order valence-electron chi connectivity index (χ4n) is 4.26. The Morgan fingerprint density at radius 3 is 2.81 bits per heavy atom. The van der Waals surface area contributed by atoms with Gasteiger partial charge in [-0.3, -0.25) is 9.48 Å². The van der Waals surface area contributed by atoms with Crippen molar-refractivity contribution in [2.24, 2.45) is 0 Å². The van der Waals surface area contributed by atoms with Gasteiger partial charge in [0.1, 0.15) is 6.04 Å². The second-order valence-corrected chi connectivity index (χ2v) is 7.98. The van der Waals surface area contributed by atoms with E-state index < -0.39 is 17.8 Å². The number of hydrogen-bond acceptors (Lipinski definition) is 5. The van der Waals surface area contributed by atoms with Gasteiger partial charge in [-0.15, -0.1) is 0 Å². The second-order valence-electron chi connectivity index (χ2n) is 7.98. The van der Waals surface area contributed by atoms with Crippen LogP contribution in [0.3, 0.4) is 0 Å². The van der Waals surface area contributed by atoms with Crippen molar-refractivity contribution in [1.82, 2.24) is 24.8 Å². The number of hydrogen-bond donors (Lipinski definition) is 0. The van der Waals surface area contributed by atoms with Gasteiger partial charge in [-0.05, 0) is 45.2 Å². The standard InChI is InChI=1S/C21H24F3N5O2/c1-4-15-10-16(21(22,23)24)17-18(27-31-19(17)26-15)14-6-5-9-28(11-14)20(30)13(3)29-12(2)7-8-25-29/h7-8,10,13-14H,4-6,9,11H2,1-3H3. The average Bonchev–Trinajstić information content (AvgIpc) is 3.37. The first-order valence-electron chi connectivity index (χ1n) is 10.4. The van der Waals surface area contributed by atoms with Crippen LogP contribution in [0.5, 0.6) is 0 Å². The number of alkyl halides is 3. The molecule has 2 atom stereocenters. The fourth-order valence-corrected chi connectivity index (χ4v) is 4.26. The van der Waals surface area contributed by atoms with Gasteiger partial charge >= 0.3 is 6.18 Å². The first-order valence-corrected chi connectivity index (χ1v) is 10.4. The van der Waals surface area contributed by atoms with E-state index in [1.54, 1.807) is 29.6 Å². The van der Waals surface area contributed by atoms with E-state index in [2.05, 4.69) is 15.2 Å². The molecular weight excluding hydrogens is 411 g/mol. The van der Waals surface area contributed by atoms with Crippen molar-refractivity contribution in [3.05, 3.63) is 41.0 Å². The van der Waals surface area contributed by atoms with Crippen LogP contribution in [0, 0.1) is 6.92 Å². The highest BCUT2D eigenvalue weighted by Gasteiger charge is 2.38. The molecule has 1 saturated heterocycles. The number of halogens is 3. The molecular formula is C21H24F3N5O2. The minimum atomic E-state index is -4.55. The molecule has 10 heteroatoms. The Morgan fingerprint density at radius 1 is 1.39 bits per heavy atom. The highest BCUT2D eigenvalue weighted by Crippen LogP contribution is 2.40. The molecule has 1 aliphatic heterocycles. The zero-order chi connectivity index (χ0) is 22.3. The highest BCUT2D eigenvalue weighted by atomic mass is 19.4. The molecule has 7 nitrogen and oxygen atoms in total. The number of pyridine rings is 1. The molecule has 31 heavy (non-hydrogen) atoms. The first kappa shape index (κ1) is 21.3. The molecule has 1 fully saturated rings. The molecule has 4 heterocycles. The second kappa shape index (κ2) is 7.97. The van der Waals surface area contributed by atoms with Gasteiger partial charge in [-0.2, -0.15) is 18.3 Å². The number of amides is 1. The lowest BCUT2D eigenvalue weighted by molar-refractivity contribution is -0.137. The summed E-state index contributed by atoms with van der Waals surface area (Å²) in [6.45, 7) is 6.19. The number of rotatable bonds is 4. The Bertz CT molecular complexity index is 1100. The molecule has 0 aliphatic carbocycles. The minimum absolute atomic E-state index is 0.0973. The van der Waals surface area contributed by atoms with Crippen LogP contribution in [-0.4, -0.2) is 43.8 Å². The molecule has 0 N–H and O–H groups in total. The minimum Gasteiger partial charge on any atom is -0.340 e. The van der Waals surface area contributed by atoms with E-state index in [1.807, 2.05) is 13.0 Å². The van der Waals surface area contributed by atoms with Gasteiger partial charge in [0.2, 0.25) is 5.91 Å². The predicted molar refractivity (Wildman–Crippen MR) is 106 cm³/mol. The van der Waals surface area contributed by atoms with Crippen molar-refractivity contribution in [2.75, 3.05) is 13.1 Å². The van der Waals surface area contributed by atoms with Gasteiger partial charge in [0.05, 0.1) is 16.6 Å². The van der Waals surface area contributed by atoms with E-state index in [4.69, 9.17) is 4.52 Å². The van der Waals surface area contributed by atoms with Crippen LogP contribution in [0.1, 0.15) is 61.3 Å². The fraction of sp³-hybridized carbons (Fsp3) is 0.524. The number of carbonyl (C=O) groups is 1. The van der Waals surface area contributed by atoms with Crippen molar-refractivity contribution < 1.29 is 22.5 Å². The molecule has 4 rings (SSSR count). The molecule has 166 valence electrons. The molecule has 3 aromatic rings. The number of aryl methyl sites for hydroxylation is 2. The summed E-state index contributed by atoms with van der Waals surface area (Å²) in [6.07, 6.45) is -1.28. The lowest BCUT2D eigenvalue weighted by atomic mass is 9.91. The maximum absolute atomic E-state index is 13.8. The molecule has 0 saturated carbocycles. The van der Waals surface area contributed by atoms with Crippen LogP contribution in [0.15, 0.2) is 22.9 Å². The highest BCUT2D eigenvalue weighted by molar-refractivity contribution is 5.83. The van der Waals surface area contributed by atoms with Gasteiger partial charge < -0.3 is 9.42 Å². The SMILES string of the molecule is CCc1cc(C(F)(F)F)c2c(C3CCCN(C(=O)C(C)n4nccc4C)C3)noc2n1. The summed E-state index contributed by atoms with van der Waals surface area (Å²) in [5, 5.41) is 8.09. The molecule has 0 spiro atoms. The molecule has 0 bridgehead atoms. The summed E-state index contributed by atoms with van der Waals surface area (Å²) in [6, 6.07) is 2.39. The molecule has 1 amide bonds. The molecule has 3 aromatic heterocycles.